The number of rotatable bonds is 4. The molecule has 0 aliphatic heterocycles. The predicted octanol–water partition coefficient (Wildman–Crippen LogP) is 3.03. The molecule has 0 saturated heterocycles. The van der Waals surface area contributed by atoms with Crippen LogP contribution in [-0.4, -0.2) is 22.5 Å². The van der Waals surface area contributed by atoms with Gasteiger partial charge in [-0.15, -0.1) is 0 Å². The topological polar surface area (TPSA) is 78.1 Å². The summed E-state index contributed by atoms with van der Waals surface area (Å²) in [4.78, 5) is 16.3. The Morgan fingerprint density at radius 2 is 2.00 bits per heavy atom. The van der Waals surface area contributed by atoms with Gasteiger partial charge < -0.3 is 10.6 Å². The number of anilines is 2. The maximum atomic E-state index is 11.9. The van der Waals surface area contributed by atoms with Crippen molar-refractivity contribution in [3.8, 4) is 0 Å². The SMILES string of the molecule is Cc1cccc(NC(=S)NNC(=O)CNc2nc3ccccc3s2)c1. The molecule has 128 valence electrons. The van der Waals surface area contributed by atoms with Gasteiger partial charge in [0.2, 0.25) is 0 Å². The smallest absolute Gasteiger partial charge is 0.257 e. The van der Waals surface area contributed by atoms with Crippen LogP contribution < -0.4 is 21.5 Å². The molecule has 0 fully saturated rings. The highest BCUT2D eigenvalue weighted by Crippen LogP contribution is 2.24. The fraction of sp³-hybridized carbons (Fsp3) is 0.118. The number of nitrogens with one attached hydrogen (secondary N) is 4. The molecule has 2 aromatic carbocycles. The lowest BCUT2D eigenvalue weighted by Crippen LogP contribution is -2.45. The number of hydrazine groups is 1. The number of thiazole rings is 1. The van der Waals surface area contributed by atoms with Gasteiger partial charge in [0.15, 0.2) is 10.2 Å². The van der Waals surface area contributed by atoms with Gasteiger partial charge in [-0.25, -0.2) is 4.98 Å². The van der Waals surface area contributed by atoms with Crippen LogP contribution in [0.15, 0.2) is 48.5 Å². The molecule has 0 atom stereocenters. The van der Waals surface area contributed by atoms with E-state index in [1.54, 1.807) is 0 Å². The standard InChI is InChI=1S/C17H17N5OS2/c1-11-5-4-6-12(9-11)19-16(24)22-21-15(23)10-18-17-20-13-7-2-3-8-14(13)25-17/h2-9H,10H2,1H3,(H,18,20)(H,21,23)(H2,19,22,24). The maximum absolute atomic E-state index is 11.9. The molecule has 1 aromatic heterocycles. The van der Waals surface area contributed by atoms with E-state index in [4.69, 9.17) is 12.2 Å². The quantitative estimate of drug-likeness (QED) is 0.417. The number of hydrogen-bond acceptors (Lipinski definition) is 5. The Hall–Kier alpha value is -2.71. The summed E-state index contributed by atoms with van der Waals surface area (Å²) in [6, 6.07) is 15.6. The normalized spacial score (nSPS) is 10.3. The number of fused-ring (bicyclic) bond motifs is 1. The Morgan fingerprint density at radius 3 is 2.80 bits per heavy atom. The molecule has 0 aliphatic rings. The summed E-state index contributed by atoms with van der Waals surface area (Å²) >= 11 is 6.66. The second-order valence-electron chi connectivity index (χ2n) is 5.34. The van der Waals surface area contributed by atoms with Gasteiger partial charge in [-0.05, 0) is 49.0 Å². The molecule has 8 heteroatoms. The van der Waals surface area contributed by atoms with E-state index >= 15 is 0 Å². The second kappa shape index (κ2) is 7.91. The molecular formula is C17H17N5OS2. The van der Waals surface area contributed by atoms with Crippen LogP contribution in [-0.2, 0) is 4.79 Å². The van der Waals surface area contributed by atoms with Crippen molar-refractivity contribution in [2.45, 2.75) is 6.92 Å². The number of aromatic nitrogens is 1. The highest BCUT2D eigenvalue weighted by Gasteiger charge is 2.06. The molecule has 3 aromatic rings. The van der Waals surface area contributed by atoms with Gasteiger partial charge in [0.05, 0.1) is 16.8 Å². The molecule has 4 N–H and O–H groups in total. The van der Waals surface area contributed by atoms with Gasteiger partial charge in [-0.3, -0.25) is 15.6 Å². The third-order valence-corrected chi connectivity index (χ3v) is 4.48. The number of aryl methyl sites for hydroxylation is 1. The largest absolute Gasteiger partial charge is 0.352 e. The van der Waals surface area contributed by atoms with Crippen molar-refractivity contribution in [2.75, 3.05) is 17.2 Å². The van der Waals surface area contributed by atoms with Crippen LogP contribution in [0.1, 0.15) is 5.56 Å². The van der Waals surface area contributed by atoms with Gasteiger partial charge in [-0.1, -0.05) is 35.6 Å². The van der Waals surface area contributed by atoms with E-state index in [2.05, 4.69) is 26.5 Å². The number of carbonyl (C=O) groups is 1. The van der Waals surface area contributed by atoms with E-state index in [0.29, 0.717) is 10.2 Å². The fourth-order valence-electron chi connectivity index (χ4n) is 2.16. The number of hydrogen-bond donors (Lipinski definition) is 4. The minimum Gasteiger partial charge on any atom is -0.352 e. The molecule has 0 aliphatic carbocycles. The Balaban J connectivity index is 1.43. The van der Waals surface area contributed by atoms with Crippen molar-refractivity contribution in [1.29, 1.82) is 0 Å². The fourth-order valence-corrected chi connectivity index (χ4v) is 3.19. The van der Waals surface area contributed by atoms with E-state index in [-0.39, 0.29) is 12.5 Å². The predicted molar refractivity (Wildman–Crippen MR) is 107 cm³/mol. The number of carbonyl (C=O) groups excluding carboxylic acids is 1. The Bertz CT molecular complexity index is 876. The monoisotopic (exact) mass is 371 g/mol. The van der Waals surface area contributed by atoms with Crippen LogP contribution in [0.4, 0.5) is 10.8 Å². The van der Waals surface area contributed by atoms with Gasteiger partial charge in [0.1, 0.15) is 0 Å². The molecule has 0 unspecified atom stereocenters. The lowest BCUT2D eigenvalue weighted by molar-refractivity contribution is -0.119. The lowest BCUT2D eigenvalue weighted by atomic mass is 10.2. The molecular weight excluding hydrogens is 354 g/mol. The summed E-state index contributed by atoms with van der Waals surface area (Å²) in [5, 5.41) is 7.03. The van der Waals surface area contributed by atoms with Crippen LogP contribution in [0, 0.1) is 6.92 Å². The third-order valence-electron chi connectivity index (χ3n) is 3.29. The molecule has 6 nitrogen and oxygen atoms in total. The molecule has 0 radical (unpaired) electrons. The number of benzene rings is 2. The van der Waals surface area contributed by atoms with Crippen LogP contribution in [0.2, 0.25) is 0 Å². The molecule has 1 amide bonds. The first-order valence-corrected chi connectivity index (χ1v) is 8.84. The van der Waals surface area contributed by atoms with Crippen molar-refractivity contribution in [1.82, 2.24) is 15.8 Å². The zero-order chi connectivity index (χ0) is 17.6. The zero-order valence-corrected chi connectivity index (χ0v) is 15.1. The van der Waals surface area contributed by atoms with Crippen LogP contribution in [0.3, 0.4) is 0 Å². The van der Waals surface area contributed by atoms with Gasteiger partial charge in [0.25, 0.3) is 5.91 Å². The van der Waals surface area contributed by atoms with E-state index in [0.717, 1.165) is 21.5 Å². The third kappa shape index (κ3) is 4.88. The highest BCUT2D eigenvalue weighted by molar-refractivity contribution is 7.80. The molecule has 0 bridgehead atoms. The second-order valence-corrected chi connectivity index (χ2v) is 6.78. The summed E-state index contributed by atoms with van der Waals surface area (Å²) in [6.07, 6.45) is 0. The van der Waals surface area contributed by atoms with E-state index in [1.165, 1.54) is 11.3 Å². The first-order chi connectivity index (χ1) is 12.1. The van der Waals surface area contributed by atoms with Gasteiger partial charge in [-0.2, -0.15) is 0 Å². The minimum absolute atomic E-state index is 0.0971. The van der Waals surface area contributed by atoms with Crippen LogP contribution >= 0.6 is 23.6 Å². The van der Waals surface area contributed by atoms with Crippen molar-refractivity contribution in [3.05, 3.63) is 54.1 Å². The van der Waals surface area contributed by atoms with E-state index in [9.17, 15) is 4.79 Å². The van der Waals surface area contributed by atoms with Gasteiger partial charge >= 0.3 is 0 Å². The molecule has 1 heterocycles. The zero-order valence-electron chi connectivity index (χ0n) is 13.5. The molecule has 25 heavy (non-hydrogen) atoms. The number of thiocarbonyl (C=S) groups is 1. The van der Waals surface area contributed by atoms with Gasteiger partial charge in [0, 0.05) is 5.69 Å². The highest BCUT2D eigenvalue weighted by atomic mass is 32.1. The summed E-state index contributed by atoms with van der Waals surface area (Å²) in [6.45, 7) is 2.09. The summed E-state index contributed by atoms with van der Waals surface area (Å²) < 4.78 is 1.08. The molecule has 3 rings (SSSR count). The summed E-state index contributed by atoms with van der Waals surface area (Å²) in [5.74, 6) is -0.243. The summed E-state index contributed by atoms with van der Waals surface area (Å²) in [7, 11) is 0. The average Bonchev–Trinajstić information content (AvgIpc) is 3.01. The van der Waals surface area contributed by atoms with Crippen molar-refractivity contribution in [3.63, 3.8) is 0 Å². The summed E-state index contributed by atoms with van der Waals surface area (Å²) in [5.41, 5.74) is 8.12. The van der Waals surface area contributed by atoms with E-state index < -0.39 is 0 Å². The van der Waals surface area contributed by atoms with Crippen LogP contribution in [0.5, 0.6) is 0 Å². The number of nitrogens with zero attached hydrogens (tertiary/aromatic N) is 1. The maximum Gasteiger partial charge on any atom is 0.257 e. The first-order valence-electron chi connectivity index (χ1n) is 7.62. The Morgan fingerprint density at radius 1 is 1.16 bits per heavy atom. The Labute approximate surface area is 154 Å². The Kier molecular flexibility index (Phi) is 5.42. The molecule has 0 spiro atoms. The number of para-hydroxylation sites is 1. The van der Waals surface area contributed by atoms with Crippen molar-refractivity contribution >= 4 is 55.6 Å². The first kappa shape index (κ1) is 17.1. The lowest BCUT2D eigenvalue weighted by Gasteiger charge is -2.12. The van der Waals surface area contributed by atoms with Crippen molar-refractivity contribution < 1.29 is 4.79 Å². The number of amides is 1. The van der Waals surface area contributed by atoms with Crippen molar-refractivity contribution in [2.24, 2.45) is 0 Å². The average molecular weight is 371 g/mol. The van der Waals surface area contributed by atoms with Crippen LogP contribution in [0.25, 0.3) is 10.2 Å². The minimum atomic E-state index is -0.243. The van der Waals surface area contributed by atoms with E-state index in [1.807, 2.05) is 55.5 Å². The molecule has 0 saturated carbocycles.